The van der Waals surface area contributed by atoms with E-state index in [1.54, 1.807) is 0 Å². The fourth-order valence-corrected chi connectivity index (χ4v) is 2.33. The summed E-state index contributed by atoms with van der Waals surface area (Å²) in [6.45, 7) is 8.06. The van der Waals surface area contributed by atoms with E-state index in [1.165, 1.54) is 5.56 Å². The van der Waals surface area contributed by atoms with Crippen LogP contribution in [0.2, 0.25) is 0 Å². The van der Waals surface area contributed by atoms with Gasteiger partial charge in [-0.1, -0.05) is 23.8 Å². The summed E-state index contributed by atoms with van der Waals surface area (Å²) in [4.78, 5) is 0. The Morgan fingerprint density at radius 2 is 1.52 bits per heavy atom. The summed E-state index contributed by atoms with van der Waals surface area (Å²) in [6, 6.07) is 11.9. The van der Waals surface area contributed by atoms with E-state index in [9.17, 15) is 0 Å². The van der Waals surface area contributed by atoms with Crippen molar-refractivity contribution in [2.45, 2.75) is 27.3 Å². The molecule has 2 aromatic carbocycles. The van der Waals surface area contributed by atoms with Crippen LogP contribution in [-0.2, 0) is 6.54 Å². The number of benzene rings is 2. The molecule has 0 aliphatic rings. The topological polar surface area (TPSA) is 53.7 Å². The molecule has 0 atom stereocenters. The van der Waals surface area contributed by atoms with Crippen LogP contribution in [0, 0.1) is 13.8 Å². The third-order valence-electron chi connectivity index (χ3n) is 3.47. The van der Waals surface area contributed by atoms with Gasteiger partial charge in [0, 0.05) is 6.54 Å². The van der Waals surface area contributed by atoms with Crippen LogP contribution in [0.1, 0.15) is 23.6 Å². The predicted molar refractivity (Wildman–Crippen MR) is 92.4 cm³/mol. The van der Waals surface area contributed by atoms with Gasteiger partial charge in [-0.15, -0.1) is 0 Å². The number of nitrogens with two attached hydrogens (primary N) is 1. The number of rotatable bonds is 8. The van der Waals surface area contributed by atoms with E-state index in [0.29, 0.717) is 32.1 Å². The Morgan fingerprint density at radius 3 is 2.17 bits per heavy atom. The van der Waals surface area contributed by atoms with E-state index in [1.807, 2.05) is 44.2 Å². The Labute approximate surface area is 138 Å². The summed E-state index contributed by atoms with van der Waals surface area (Å²) in [6.07, 6.45) is 0. The molecule has 0 saturated heterocycles. The van der Waals surface area contributed by atoms with Crippen LogP contribution in [0.25, 0.3) is 0 Å². The monoisotopic (exact) mass is 315 g/mol. The highest BCUT2D eigenvalue weighted by molar-refractivity contribution is 5.43. The lowest BCUT2D eigenvalue weighted by atomic mass is 10.1. The Morgan fingerprint density at radius 1 is 0.826 bits per heavy atom. The zero-order valence-corrected chi connectivity index (χ0v) is 14.1. The van der Waals surface area contributed by atoms with Crippen LogP contribution in [0.3, 0.4) is 0 Å². The van der Waals surface area contributed by atoms with E-state index in [4.69, 9.17) is 19.9 Å². The van der Waals surface area contributed by atoms with Crippen LogP contribution >= 0.6 is 0 Å². The predicted octanol–water partition coefficient (Wildman–Crippen LogP) is 3.62. The number of ether oxygens (including phenoxy) is 3. The fourth-order valence-electron chi connectivity index (χ4n) is 2.33. The second-order valence-corrected chi connectivity index (χ2v) is 5.38. The van der Waals surface area contributed by atoms with Crippen molar-refractivity contribution in [3.8, 4) is 17.2 Å². The van der Waals surface area contributed by atoms with Gasteiger partial charge in [0.15, 0.2) is 11.5 Å². The van der Waals surface area contributed by atoms with Crippen LogP contribution in [0.15, 0.2) is 36.4 Å². The average molecular weight is 315 g/mol. The Hall–Kier alpha value is -2.20. The second-order valence-electron chi connectivity index (χ2n) is 5.38. The van der Waals surface area contributed by atoms with Gasteiger partial charge in [-0.05, 0) is 50.1 Å². The van der Waals surface area contributed by atoms with Crippen molar-refractivity contribution in [1.82, 2.24) is 0 Å². The van der Waals surface area contributed by atoms with Crippen molar-refractivity contribution >= 4 is 0 Å². The molecule has 2 aromatic rings. The lowest BCUT2D eigenvalue weighted by molar-refractivity contribution is 0.207. The zero-order chi connectivity index (χ0) is 16.7. The molecular weight excluding hydrogens is 290 g/mol. The second kappa shape index (κ2) is 8.44. The van der Waals surface area contributed by atoms with Crippen molar-refractivity contribution in [1.29, 1.82) is 0 Å². The highest BCUT2D eigenvalue weighted by atomic mass is 16.5. The molecule has 0 fully saturated rings. The third kappa shape index (κ3) is 4.89. The third-order valence-corrected chi connectivity index (χ3v) is 3.47. The normalized spacial score (nSPS) is 10.4. The minimum Gasteiger partial charge on any atom is -0.490 e. The molecule has 0 spiro atoms. The number of aryl methyl sites for hydroxylation is 2. The maximum Gasteiger partial charge on any atom is 0.161 e. The molecular formula is C19H25NO3. The van der Waals surface area contributed by atoms with E-state index < -0.39 is 0 Å². The molecule has 0 saturated carbocycles. The van der Waals surface area contributed by atoms with E-state index in [2.05, 4.69) is 13.0 Å². The number of hydrogen-bond donors (Lipinski definition) is 1. The molecule has 0 aliphatic carbocycles. The van der Waals surface area contributed by atoms with Crippen molar-refractivity contribution in [2.75, 3.05) is 19.8 Å². The van der Waals surface area contributed by atoms with Gasteiger partial charge in [-0.2, -0.15) is 0 Å². The van der Waals surface area contributed by atoms with Gasteiger partial charge in [-0.25, -0.2) is 0 Å². The first-order valence-electron chi connectivity index (χ1n) is 7.92. The minimum absolute atomic E-state index is 0.454. The quantitative estimate of drug-likeness (QED) is 0.756. The van der Waals surface area contributed by atoms with E-state index in [0.717, 1.165) is 22.6 Å². The summed E-state index contributed by atoms with van der Waals surface area (Å²) in [5, 5.41) is 0. The summed E-state index contributed by atoms with van der Waals surface area (Å²) < 4.78 is 17.2. The van der Waals surface area contributed by atoms with Crippen molar-refractivity contribution < 1.29 is 14.2 Å². The summed E-state index contributed by atoms with van der Waals surface area (Å²) in [7, 11) is 0. The standard InChI is InChI=1S/C19H25NO3/c1-4-21-19-12-16(13-20)6-8-18(19)23-10-9-22-17-7-5-14(2)11-15(17)3/h5-8,11-12H,4,9-10,13,20H2,1-3H3. The molecule has 124 valence electrons. The summed E-state index contributed by atoms with van der Waals surface area (Å²) in [5.41, 5.74) is 9.04. The molecule has 0 heterocycles. The molecule has 0 aromatic heterocycles. The lowest BCUT2D eigenvalue weighted by Crippen LogP contribution is -2.10. The van der Waals surface area contributed by atoms with Crippen molar-refractivity contribution in [2.24, 2.45) is 5.73 Å². The van der Waals surface area contributed by atoms with Gasteiger partial charge in [0.2, 0.25) is 0 Å². The van der Waals surface area contributed by atoms with Crippen LogP contribution in [0.4, 0.5) is 0 Å². The highest BCUT2D eigenvalue weighted by Crippen LogP contribution is 2.28. The maximum atomic E-state index is 5.78. The Balaban J connectivity index is 1.90. The van der Waals surface area contributed by atoms with Gasteiger partial charge in [0.05, 0.1) is 6.61 Å². The SMILES string of the molecule is CCOc1cc(CN)ccc1OCCOc1ccc(C)cc1C. The molecule has 23 heavy (non-hydrogen) atoms. The van der Waals surface area contributed by atoms with E-state index >= 15 is 0 Å². The van der Waals surface area contributed by atoms with Crippen LogP contribution in [0.5, 0.6) is 17.2 Å². The average Bonchev–Trinajstić information content (AvgIpc) is 2.54. The smallest absolute Gasteiger partial charge is 0.161 e. The maximum absolute atomic E-state index is 5.78. The van der Waals surface area contributed by atoms with Crippen LogP contribution in [-0.4, -0.2) is 19.8 Å². The first kappa shape index (κ1) is 17.2. The Kier molecular flexibility index (Phi) is 6.29. The van der Waals surface area contributed by atoms with Gasteiger partial charge in [0.1, 0.15) is 19.0 Å². The molecule has 0 radical (unpaired) electrons. The molecule has 4 nitrogen and oxygen atoms in total. The van der Waals surface area contributed by atoms with Crippen LogP contribution < -0.4 is 19.9 Å². The van der Waals surface area contributed by atoms with Crippen molar-refractivity contribution in [3.05, 3.63) is 53.1 Å². The van der Waals surface area contributed by atoms with Gasteiger partial charge < -0.3 is 19.9 Å². The zero-order valence-electron chi connectivity index (χ0n) is 14.1. The fraction of sp³-hybridized carbons (Fsp3) is 0.368. The molecule has 0 unspecified atom stereocenters. The number of hydrogen-bond acceptors (Lipinski definition) is 4. The molecule has 2 rings (SSSR count). The first-order valence-corrected chi connectivity index (χ1v) is 7.92. The van der Waals surface area contributed by atoms with Gasteiger partial charge in [-0.3, -0.25) is 0 Å². The Bertz CT molecular complexity index is 641. The van der Waals surface area contributed by atoms with E-state index in [-0.39, 0.29) is 0 Å². The van der Waals surface area contributed by atoms with Gasteiger partial charge in [0.25, 0.3) is 0 Å². The molecule has 0 bridgehead atoms. The summed E-state index contributed by atoms with van der Waals surface area (Å²) >= 11 is 0. The molecule has 4 heteroatoms. The lowest BCUT2D eigenvalue weighted by Gasteiger charge is -2.14. The summed E-state index contributed by atoms with van der Waals surface area (Å²) in [5.74, 6) is 2.33. The largest absolute Gasteiger partial charge is 0.490 e. The first-order chi connectivity index (χ1) is 11.1. The van der Waals surface area contributed by atoms with Gasteiger partial charge >= 0.3 is 0 Å². The minimum atomic E-state index is 0.454. The molecule has 0 aliphatic heterocycles. The molecule has 0 amide bonds. The highest BCUT2D eigenvalue weighted by Gasteiger charge is 2.06. The van der Waals surface area contributed by atoms with Crippen molar-refractivity contribution in [3.63, 3.8) is 0 Å². The molecule has 2 N–H and O–H groups in total.